The summed E-state index contributed by atoms with van der Waals surface area (Å²) in [5, 5.41) is 3.16. The van der Waals surface area contributed by atoms with Crippen molar-refractivity contribution < 1.29 is 23.5 Å². The fraction of sp³-hybridized carbons (Fsp3) is 0.200. The van der Waals surface area contributed by atoms with Crippen LogP contribution in [-0.2, 0) is 4.79 Å². The first kappa shape index (κ1) is 20.2. The van der Waals surface area contributed by atoms with E-state index in [0.29, 0.717) is 34.9 Å². The van der Waals surface area contributed by atoms with Crippen molar-refractivity contribution in [2.24, 2.45) is 5.73 Å². The minimum atomic E-state index is -0.952. The van der Waals surface area contributed by atoms with Crippen LogP contribution >= 0.6 is 0 Å². The summed E-state index contributed by atoms with van der Waals surface area (Å²) in [6.45, 7) is 0.447. The number of Topliss-reactive ketones (excluding diaryl/α,β-unsaturated/α-hetero) is 1. The monoisotopic (exact) mass is 432 g/mol. The molecular formula is C25H21FN2O4. The summed E-state index contributed by atoms with van der Waals surface area (Å²) >= 11 is 0. The maximum Gasteiger partial charge on any atom is 0.259 e. The van der Waals surface area contributed by atoms with Gasteiger partial charge in [0.05, 0.1) is 5.54 Å². The number of fused-ring (bicyclic) bond motifs is 1. The van der Waals surface area contributed by atoms with Gasteiger partial charge in [0.15, 0.2) is 11.9 Å². The largest absolute Gasteiger partial charge is 0.480 e. The van der Waals surface area contributed by atoms with Gasteiger partial charge in [-0.1, -0.05) is 30.3 Å². The molecule has 5 rings (SSSR count). The highest BCUT2D eigenvalue weighted by molar-refractivity contribution is 6.06. The number of halogens is 1. The van der Waals surface area contributed by atoms with Crippen LogP contribution in [0.5, 0.6) is 17.2 Å². The maximum absolute atomic E-state index is 13.9. The second-order valence-electron chi connectivity index (χ2n) is 8.14. The fourth-order valence-electron chi connectivity index (χ4n) is 4.25. The number of benzene rings is 3. The first-order valence-electron chi connectivity index (χ1n) is 10.3. The molecular weight excluding hydrogens is 411 g/mol. The van der Waals surface area contributed by atoms with Gasteiger partial charge in [0.25, 0.3) is 5.91 Å². The van der Waals surface area contributed by atoms with Gasteiger partial charge in [-0.2, -0.15) is 0 Å². The van der Waals surface area contributed by atoms with Gasteiger partial charge in [-0.15, -0.1) is 0 Å². The van der Waals surface area contributed by atoms with E-state index in [9.17, 15) is 14.0 Å². The molecule has 1 fully saturated rings. The first-order chi connectivity index (χ1) is 15.4. The Morgan fingerprint density at radius 3 is 2.53 bits per heavy atom. The van der Waals surface area contributed by atoms with Gasteiger partial charge in [-0.3, -0.25) is 9.59 Å². The number of nitrogens with one attached hydrogen (secondary N) is 1. The molecule has 0 saturated carbocycles. The summed E-state index contributed by atoms with van der Waals surface area (Å²) in [6, 6.07) is 20.4. The molecule has 2 heterocycles. The number of hydrogen-bond donors (Lipinski definition) is 2. The molecule has 1 saturated heterocycles. The molecule has 0 aliphatic carbocycles. The van der Waals surface area contributed by atoms with Crippen LogP contribution in [0.15, 0.2) is 72.8 Å². The molecule has 0 bridgehead atoms. The molecule has 3 aromatic rings. The molecule has 3 aromatic carbocycles. The topological polar surface area (TPSA) is 101 Å². The minimum Gasteiger partial charge on any atom is -0.480 e. The molecule has 6 nitrogen and oxygen atoms in total. The number of carbonyl (C=O) groups excluding carboxylic acids is 2. The molecule has 0 aromatic heterocycles. The van der Waals surface area contributed by atoms with Gasteiger partial charge in [-0.25, -0.2) is 4.39 Å². The zero-order chi connectivity index (χ0) is 22.3. The highest BCUT2D eigenvalue weighted by Gasteiger charge is 2.54. The van der Waals surface area contributed by atoms with E-state index in [1.165, 1.54) is 18.2 Å². The Morgan fingerprint density at radius 1 is 1.06 bits per heavy atom. The van der Waals surface area contributed by atoms with Crippen molar-refractivity contribution in [3.05, 3.63) is 89.7 Å². The van der Waals surface area contributed by atoms with E-state index in [2.05, 4.69) is 5.32 Å². The highest BCUT2D eigenvalue weighted by atomic mass is 19.1. The van der Waals surface area contributed by atoms with Crippen molar-refractivity contribution in [2.75, 3.05) is 6.54 Å². The average Bonchev–Trinajstić information content (AvgIpc) is 3.49. The van der Waals surface area contributed by atoms with Crippen LogP contribution in [0, 0.1) is 5.82 Å². The van der Waals surface area contributed by atoms with Crippen molar-refractivity contribution in [3.63, 3.8) is 0 Å². The Kier molecular flexibility index (Phi) is 4.90. The van der Waals surface area contributed by atoms with Crippen LogP contribution in [-0.4, -0.2) is 29.9 Å². The summed E-state index contributed by atoms with van der Waals surface area (Å²) in [7, 11) is 0. The SMILES string of the molecule is NC(=O)C1Oc2ccc(F)cc2C1CC1(C(=O)c2cccc(Oc3ccccc3)c2)CN1. The molecule has 1 amide bonds. The van der Waals surface area contributed by atoms with E-state index in [0.717, 1.165) is 0 Å². The Labute approximate surface area is 184 Å². The summed E-state index contributed by atoms with van der Waals surface area (Å²) < 4.78 is 25.4. The molecule has 0 spiro atoms. The second kappa shape index (κ2) is 7.76. The molecule has 3 atom stereocenters. The number of hydrogen-bond acceptors (Lipinski definition) is 5. The molecule has 2 aliphatic heterocycles. The minimum absolute atomic E-state index is 0.121. The molecule has 162 valence electrons. The summed E-state index contributed by atoms with van der Waals surface area (Å²) in [6.07, 6.45) is -0.689. The summed E-state index contributed by atoms with van der Waals surface area (Å²) in [4.78, 5) is 25.4. The number of primary amides is 1. The number of amides is 1. The Bertz CT molecular complexity index is 1190. The molecule has 7 heteroatoms. The third-order valence-corrected chi connectivity index (χ3v) is 5.95. The quantitative estimate of drug-likeness (QED) is 0.439. The van der Waals surface area contributed by atoms with Crippen LogP contribution in [0.1, 0.15) is 28.3 Å². The van der Waals surface area contributed by atoms with Gasteiger partial charge in [0.2, 0.25) is 0 Å². The lowest BCUT2D eigenvalue weighted by atomic mass is 9.82. The van der Waals surface area contributed by atoms with Crippen molar-refractivity contribution in [3.8, 4) is 17.2 Å². The van der Waals surface area contributed by atoms with E-state index in [1.54, 1.807) is 24.3 Å². The normalized spacial score (nSPS) is 23.2. The highest BCUT2D eigenvalue weighted by Crippen LogP contribution is 2.45. The lowest BCUT2D eigenvalue weighted by molar-refractivity contribution is -0.124. The third kappa shape index (κ3) is 3.71. The van der Waals surface area contributed by atoms with Crippen LogP contribution in [0.25, 0.3) is 0 Å². The lowest BCUT2D eigenvalue weighted by Gasteiger charge is -2.21. The number of ether oxygens (including phenoxy) is 2. The summed E-state index contributed by atoms with van der Waals surface area (Å²) in [5.74, 6) is -0.0935. The Morgan fingerprint density at radius 2 is 1.81 bits per heavy atom. The number of rotatable bonds is 7. The van der Waals surface area contributed by atoms with E-state index < -0.39 is 29.3 Å². The Balaban J connectivity index is 1.40. The molecule has 32 heavy (non-hydrogen) atoms. The van der Waals surface area contributed by atoms with E-state index >= 15 is 0 Å². The fourth-order valence-corrected chi connectivity index (χ4v) is 4.25. The smallest absolute Gasteiger partial charge is 0.259 e. The predicted octanol–water partition coefficient (Wildman–Crippen LogP) is 3.56. The second-order valence-corrected chi connectivity index (χ2v) is 8.14. The van der Waals surface area contributed by atoms with Crippen LogP contribution in [0.2, 0.25) is 0 Å². The van der Waals surface area contributed by atoms with Crippen LogP contribution in [0.4, 0.5) is 4.39 Å². The zero-order valence-corrected chi connectivity index (χ0v) is 17.1. The maximum atomic E-state index is 13.9. The Hall–Kier alpha value is -3.71. The van der Waals surface area contributed by atoms with Crippen LogP contribution in [0.3, 0.4) is 0 Å². The lowest BCUT2D eigenvalue weighted by Crippen LogP contribution is -2.39. The van der Waals surface area contributed by atoms with Gasteiger partial charge in [0.1, 0.15) is 23.1 Å². The van der Waals surface area contributed by atoms with Crippen molar-refractivity contribution in [1.82, 2.24) is 5.32 Å². The van der Waals surface area contributed by atoms with Crippen molar-refractivity contribution >= 4 is 11.7 Å². The van der Waals surface area contributed by atoms with Crippen molar-refractivity contribution in [1.29, 1.82) is 0 Å². The van der Waals surface area contributed by atoms with Gasteiger partial charge in [0, 0.05) is 23.6 Å². The van der Waals surface area contributed by atoms with E-state index in [-0.39, 0.29) is 12.2 Å². The number of carbonyl (C=O) groups is 2. The third-order valence-electron chi connectivity index (χ3n) is 5.95. The molecule has 2 aliphatic rings. The van der Waals surface area contributed by atoms with Crippen molar-refractivity contribution in [2.45, 2.75) is 24.0 Å². The molecule has 3 unspecified atom stereocenters. The van der Waals surface area contributed by atoms with Gasteiger partial charge >= 0.3 is 0 Å². The van der Waals surface area contributed by atoms with Gasteiger partial charge in [-0.05, 0) is 48.9 Å². The number of nitrogens with two attached hydrogens (primary N) is 1. The number of ketones is 1. The average molecular weight is 432 g/mol. The zero-order valence-electron chi connectivity index (χ0n) is 17.1. The first-order valence-corrected chi connectivity index (χ1v) is 10.3. The van der Waals surface area contributed by atoms with Crippen LogP contribution < -0.4 is 20.5 Å². The predicted molar refractivity (Wildman–Crippen MR) is 115 cm³/mol. The molecule has 3 N–H and O–H groups in total. The number of para-hydroxylation sites is 1. The standard InChI is InChI=1S/C25H21FN2O4/c26-16-9-10-21-19(12-16)20(22(32-21)24(27)30)13-25(14-28-25)23(29)15-5-4-8-18(11-15)31-17-6-2-1-3-7-17/h1-12,20,22,28H,13-14H2,(H2,27,30). The van der Waals surface area contributed by atoms with E-state index in [4.69, 9.17) is 15.2 Å². The van der Waals surface area contributed by atoms with Gasteiger partial charge < -0.3 is 20.5 Å². The van der Waals surface area contributed by atoms with E-state index in [1.807, 2.05) is 30.3 Å². The molecule has 0 radical (unpaired) electrons. The summed E-state index contributed by atoms with van der Waals surface area (Å²) in [5.41, 5.74) is 5.71.